The standard InChI is InChI=1S/C7H7N3O4/c11-4-9-7(12)5-1-2-8-6(3-5)10(13)14/h1-3,11H,4H2,(H,9,12). The number of carbonyl (C=O) groups excluding carboxylic acids is 1. The number of nitrogens with one attached hydrogen (secondary N) is 1. The summed E-state index contributed by atoms with van der Waals surface area (Å²) in [5.41, 5.74) is 0.0840. The van der Waals surface area contributed by atoms with Crippen LogP contribution in [-0.4, -0.2) is 27.7 Å². The molecule has 0 saturated carbocycles. The first kappa shape index (κ1) is 10.1. The second-order valence-corrected chi connectivity index (χ2v) is 2.32. The fraction of sp³-hybridized carbons (Fsp3) is 0.143. The predicted octanol–water partition coefficient (Wildman–Crippen LogP) is -0.331. The molecule has 1 heterocycles. The number of nitro groups is 1. The van der Waals surface area contributed by atoms with E-state index >= 15 is 0 Å². The summed E-state index contributed by atoms with van der Waals surface area (Å²) < 4.78 is 0. The molecular formula is C7H7N3O4. The molecule has 0 bridgehead atoms. The second-order valence-electron chi connectivity index (χ2n) is 2.32. The molecule has 0 aliphatic heterocycles. The maximum absolute atomic E-state index is 11.1. The number of carbonyl (C=O) groups is 1. The van der Waals surface area contributed by atoms with Gasteiger partial charge in [0.25, 0.3) is 5.91 Å². The maximum Gasteiger partial charge on any atom is 0.364 e. The van der Waals surface area contributed by atoms with Gasteiger partial charge >= 0.3 is 5.82 Å². The summed E-state index contributed by atoms with van der Waals surface area (Å²) in [5, 5.41) is 20.8. The Hall–Kier alpha value is -2.02. The molecule has 1 aromatic rings. The zero-order chi connectivity index (χ0) is 10.6. The lowest BCUT2D eigenvalue weighted by Crippen LogP contribution is -2.24. The molecule has 1 amide bonds. The van der Waals surface area contributed by atoms with Crippen LogP contribution in [0.15, 0.2) is 18.3 Å². The first-order valence-electron chi connectivity index (χ1n) is 3.64. The van der Waals surface area contributed by atoms with Crippen LogP contribution in [0, 0.1) is 10.1 Å². The summed E-state index contributed by atoms with van der Waals surface area (Å²) in [5.74, 6) is -0.992. The molecule has 1 rings (SSSR count). The van der Waals surface area contributed by atoms with Gasteiger partial charge in [-0.2, -0.15) is 0 Å². The lowest BCUT2D eigenvalue weighted by molar-refractivity contribution is -0.389. The number of rotatable bonds is 3. The van der Waals surface area contributed by atoms with E-state index in [-0.39, 0.29) is 5.56 Å². The monoisotopic (exact) mass is 197 g/mol. The van der Waals surface area contributed by atoms with Gasteiger partial charge in [-0.15, -0.1) is 0 Å². The smallest absolute Gasteiger partial charge is 0.364 e. The van der Waals surface area contributed by atoms with Crippen molar-refractivity contribution in [2.24, 2.45) is 0 Å². The largest absolute Gasteiger partial charge is 0.376 e. The molecule has 0 saturated heterocycles. The van der Waals surface area contributed by atoms with Crippen LogP contribution in [0.3, 0.4) is 0 Å². The Morgan fingerprint density at radius 1 is 1.71 bits per heavy atom. The van der Waals surface area contributed by atoms with Crippen LogP contribution in [-0.2, 0) is 0 Å². The van der Waals surface area contributed by atoms with Crippen LogP contribution in [0.25, 0.3) is 0 Å². The van der Waals surface area contributed by atoms with Gasteiger partial charge in [0.1, 0.15) is 12.9 Å². The normalized spacial score (nSPS) is 9.50. The van der Waals surface area contributed by atoms with Crippen molar-refractivity contribution in [3.8, 4) is 0 Å². The molecule has 1 aromatic heterocycles. The molecule has 0 unspecified atom stereocenters. The summed E-state index contributed by atoms with van der Waals surface area (Å²) in [6.45, 7) is -0.519. The lowest BCUT2D eigenvalue weighted by atomic mass is 10.2. The minimum atomic E-state index is -0.699. The van der Waals surface area contributed by atoms with Gasteiger partial charge in [0, 0.05) is 6.07 Å². The molecule has 0 aliphatic rings. The second kappa shape index (κ2) is 4.28. The fourth-order valence-electron chi connectivity index (χ4n) is 0.833. The van der Waals surface area contributed by atoms with E-state index in [1.165, 1.54) is 6.07 Å². The van der Waals surface area contributed by atoms with Gasteiger partial charge in [-0.3, -0.25) is 4.79 Å². The molecule has 14 heavy (non-hydrogen) atoms. The minimum absolute atomic E-state index is 0.0840. The van der Waals surface area contributed by atoms with E-state index in [9.17, 15) is 14.9 Å². The zero-order valence-corrected chi connectivity index (χ0v) is 7.01. The van der Waals surface area contributed by atoms with Crippen LogP contribution in [0.1, 0.15) is 10.4 Å². The summed E-state index contributed by atoms with van der Waals surface area (Å²) in [7, 11) is 0. The van der Waals surface area contributed by atoms with Crippen molar-refractivity contribution < 1.29 is 14.8 Å². The SMILES string of the molecule is O=C(NCO)c1ccnc([N+](=O)[O-])c1. The van der Waals surface area contributed by atoms with E-state index in [0.717, 1.165) is 12.3 Å². The molecule has 0 atom stereocenters. The average Bonchev–Trinajstić information content (AvgIpc) is 2.18. The number of amides is 1. The Morgan fingerprint density at radius 3 is 3.00 bits per heavy atom. The Labute approximate surface area is 78.5 Å². The van der Waals surface area contributed by atoms with Crippen LogP contribution in [0.5, 0.6) is 0 Å². The van der Waals surface area contributed by atoms with Crippen LogP contribution in [0.2, 0.25) is 0 Å². The summed E-state index contributed by atoms with van der Waals surface area (Å²) in [6.07, 6.45) is 1.16. The van der Waals surface area contributed by atoms with E-state index in [0.29, 0.717) is 0 Å². The molecule has 74 valence electrons. The van der Waals surface area contributed by atoms with Crippen molar-refractivity contribution >= 4 is 11.7 Å². The van der Waals surface area contributed by atoms with Gasteiger partial charge in [-0.1, -0.05) is 0 Å². The van der Waals surface area contributed by atoms with Crippen molar-refractivity contribution in [2.45, 2.75) is 0 Å². The van der Waals surface area contributed by atoms with E-state index in [1.807, 2.05) is 0 Å². The van der Waals surface area contributed by atoms with Crippen molar-refractivity contribution in [1.29, 1.82) is 0 Å². The number of hydrogen-bond acceptors (Lipinski definition) is 5. The Balaban J connectivity index is 2.93. The number of aliphatic hydroxyl groups excluding tert-OH is 1. The van der Waals surface area contributed by atoms with E-state index in [2.05, 4.69) is 10.3 Å². The highest BCUT2D eigenvalue weighted by atomic mass is 16.6. The van der Waals surface area contributed by atoms with E-state index in [4.69, 9.17) is 5.11 Å². The van der Waals surface area contributed by atoms with E-state index in [1.54, 1.807) is 0 Å². The van der Waals surface area contributed by atoms with Crippen molar-refractivity contribution in [3.63, 3.8) is 0 Å². The zero-order valence-electron chi connectivity index (χ0n) is 7.01. The lowest BCUT2D eigenvalue weighted by Gasteiger charge is -1.99. The molecule has 7 heteroatoms. The molecule has 0 aromatic carbocycles. The Kier molecular flexibility index (Phi) is 3.08. The highest BCUT2D eigenvalue weighted by Gasteiger charge is 2.11. The summed E-state index contributed by atoms with van der Waals surface area (Å²) in [6, 6.07) is 2.35. The minimum Gasteiger partial charge on any atom is -0.376 e. The van der Waals surface area contributed by atoms with E-state index < -0.39 is 23.4 Å². The highest BCUT2D eigenvalue weighted by molar-refractivity contribution is 5.94. The maximum atomic E-state index is 11.1. The number of hydrogen-bond donors (Lipinski definition) is 2. The first-order valence-corrected chi connectivity index (χ1v) is 3.64. The average molecular weight is 197 g/mol. The van der Waals surface area contributed by atoms with Crippen molar-refractivity contribution in [3.05, 3.63) is 34.0 Å². The quantitative estimate of drug-likeness (QED) is 0.392. The summed E-state index contributed by atoms with van der Waals surface area (Å²) in [4.78, 5) is 24.1. The van der Waals surface area contributed by atoms with Gasteiger partial charge in [0.2, 0.25) is 0 Å². The van der Waals surface area contributed by atoms with Crippen molar-refractivity contribution in [2.75, 3.05) is 6.73 Å². The van der Waals surface area contributed by atoms with Gasteiger partial charge in [0.05, 0.1) is 5.56 Å². The number of pyridine rings is 1. The Morgan fingerprint density at radius 2 is 2.43 bits per heavy atom. The third-order valence-corrected chi connectivity index (χ3v) is 1.43. The third-order valence-electron chi connectivity index (χ3n) is 1.43. The highest BCUT2D eigenvalue weighted by Crippen LogP contribution is 2.08. The number of aliphatic hydroxyl groups is 1. The van der Waals surface area contributed by atoms with Gasteiger partial charge in [-0.05, 0) is 16.0 Å². The first-order chi connectivity index (χ1) is 6.65. The molecule has 0 spiro atoms. The number of nitrogens with zero attached hydrogens (tertiary/aromatic N) is 2. The topological polar surface area (TPSA) is 105 Å². The molecule has 0 radical (unpaired) electrons. The molecule has 0 fully saturated rings. The number of aromatic nitrogens is 1. The van der Waals surface area contributed by atoms with Crippen LogP contribution in [0.4, 0.5) is 5.82 Å². The molecule has 7 nitrogen and oxygen atoms in total. The molecule has 2 N–H and O–H groups in total. The van der Waals surface area contributed by atoms with Gasteiger partial charge in [0.15, 0.2) is 0 Å². The Bertz CT molecular complexity index is 366. The fourth-order valence-corrected chi connectivity index (χ4v) is 0.833. The van der Waals surface area contributed by atoms with Gasteiger partial charge in [-0.25, -0.2) is 0 Å². The van der Waals surface area contributed by atoms with Crippen molar-refractivity contribution in [1.82, 2.24) is 10.3 Å². The predicted molar refractivity (Wildman–Crippen MR) is 45.4 cm³/mol. The van der Waals surface area contributed by atoms with Crippen LogP contribution >= 0.6 is 0 Å². The molecular weight excluding hydrogens is 190 g/mol. The van der Waals surface area contributed by atoms with Gasteiger partial charge < -0.3 is 20.5 Å². The summed E-state index contributed by atoms with van der Waals surface area (Å²) >= 11 is 0. The third kappa shape index (κ3) is 2.23. The van der Waals surface area contributed by atoms with Crippen LogP contribution < -0.4 is 5.32 Å². The molecule has 0 aliphatic carbocycles.